The van der Waals surface area contributed by atoms with Crippen molar-refractivity contribution in [3.05, 3.63) is 34.6 Å². The highest BCUT2D eigenvalue weighted by Crippen LogP contribution is 2.15. The van der Waals surface area contributed by atoms with Gasteiger partial charge in [0, 0.05) is 32.8 Å². The van der Waals surface area contributed by atoms with Crippen LogP contribution in [0.2, 0.25) is 0 Å². The molecule has 0 saturated heterocycles. The minimum atomic E-state index is -0.123. The molecule has 102 valence electrons. The molecule has 0 atom stereocenters. The van der Waals surface area contributed by atoms with Crippen LogP contribution in [-0.2, 0) is 20.0 Å². The number of aryl methyl sites for hydroxylation is 2. The number of amides is 1. The quantitative estimate of drug-likeness (QED) is 0.903. The Kier molecular flexibility index (Phi) is 4.36. The zero-order chi connectivity index (χ0) is 13.8. The Bertz CT molecular complexity index is 574. The fourth-order valence-electron chi connectivity index (χ4n) is 1.81. The Morgan fingerprint density at radius 1 is 1.53 bits per heavy atom. The molecule has 1 amide bonds. The highest BCUT2D eigenvalue weighted by molar-refractivity contribution is 9.10. The monoisotopic (exact) mass is 325 g/mol. The number of halogens is 1. The molecule has 0 bridgehead atoms. The van der Waals surface area contributed by atoms with Gasteiger partial charge in [0.25, 0.3) is 5.91 Å². The van der Waals surface area contributed by atoms with E-state index < -0.39 is 0 Å². The summed E-state index contributed by atoms with van der Waals surface area (Å²) >= 11 is 3.34. The predicted octanol–water partition coefficient (Wildman–Crippen LogP) is 1.37. The van der Waals surface area contributed by atoms with E-state index >= 15 is 0 Å². The summed E-state index contributed by atoms with van der Waals surface area (Å²) < 4.78 is 4.27. The second-order valence-electron chi connectivity index (χ2n) is 4.19. The number of nitrogens with zero attached hydrogens (tertiary/aromatic N) is 4. The number of hydrogen-bond acceptors (Lipinski definition) is 3. The van der Waals surface area contributed by atoms with Crippen molar-refractivity contribution in [2.75, 3.05) is 6.54 Å². The van der Waals surface area contributed by atoms with Crippen LogP contribution in [0.25, 0.3) is 0 Å². The maximum atomic E-state index is 12.1. The van der Waals surface area contributed by atoms with Gasteiger partial charge in [-0.3, -0.25) is 9.48 Å². The molecule has 0 unspecified atom stereocenters. The number of aromatic nitrogens is 4. The molecule has 0 fully saturated rings. The molecule has 0 aliphatic heterocycles. The number of rotatable bonds is 5. The van der Waals surface area contributed by atoms with Gasteiger partial charge in [-0.25, -0.2) is 4.98 Å². The molecular formula is C12H16BrN5O. The standard InChI is InChI=1S/C12H16BrN5O/c1-3-18-11(10(13)6-16-18)12(19)14-5-4-9-7-17(2)8-15-9/h6-8H,3-5H2,1-2H3,(H,14,19). The smallest absolute Gasteiger partial charge is 0.270 e. The van der Waals surface area contributed by atoms with E-state index in [4.69, 9.17) is 0 Å². The normalized spacial score (nSPS) is 10.7. The van der Waals surface area contributed by atoms with Crippen molar-refractivity contribution < 1.29 is 4.79 Å². The maximum Gasteiger partial charge on any atom is 0.270 e. The molecule has 1 N–H and O–H groups in total. The van der Waals surface area contributed by atoms with Crippen LogP contribution in [0.1, 0.15) is 23.1 Å². The van der Waals surface area contributed by atoms with Gasteiger partial charge in [-0.2, -0.15) is 5.10 Å². The average molecular weight is 326 g/mol. The molecule has 0 radical (unpaired) electrons. The number of carbonyl (C=O) groups excluding carboxylic acids is 1. The molecule has 0 saturated carbocycles. The Balaban J connectivity index is 1.92. The molecule has 0 aromatic carbocycles. The van der Waals surface area contributed by atoms with E-state index in [2.05, 4.69) is 31.3 Å². The molecule has 6 nitrogen and oxygen atoms in total. The van der Waals surface area contributed by atoms with Gasteiger partial charge in [0.1, 0.15) is 5.69 Å². The van der Waals surface area contributed by atoms with Gasteiger partial charge in [-0.05, 0) is 22.9 Å². The van der Waals surface area contributed by atoms with Gasteiger partial charge in [0.2, 0.25) is 0 Å². The van der Waals surface area contributed by atoms with E-state index in [0.717, 1.165) is 5.69 Å². The lowest BCUT2D eigenvalue weighted by atomic mass is 10.3. The van der Waals surface area contributed by atoms with Crippen molar-refractivity contribution in [3.63, 3.8) is 0 Å². The summed E-state index contributed by atoms with van der Waals surface area (Å²) in [7, 11) is 1.92. The summed E-state index contributed by atoms with van der Waals surface area (Å²) in [5, 5.41) is 7.00. The average Bonchev–Trinajstić information content (AvgIpc) is 2.95. The highest BCUT2D eigenvalue weighted by atomic mass is 79.9. The van der Waals surface area contributed by atoms with E-state index in [9.17, 15) is 4.79 Å². The molecular weight excluding hydrogens is 310 g/mol. The van der Waals surface area contributed by atoms with Crippen LogP contribution in [0.3, 0.4) is 0 Å². The van der Waals surface area contributed by atoms with Crippen LogP contribution >= 0.6 is 15.9 Å². The Morgan fingerprint density at radius 2 is 2.32 bits per heavy atom. The van der Waals surface area contributed by atoms with Crippen molar-refractivity contribution in [3.8, 4) is 0 Å². The molecule has 2 aromatic rings. The van der Waals surface area contributed by atoms with Crippen LogP contribution in [0, 0.1) is 0 Å². The summed E-state index contributed by atoms with van der Waals surface area (Å²) in [5.41, 5.74) is 1.52. The van der Waals surface area contributed by atoms with Crippen molar-refractivity contribution in [2.45, 2.75) is 19.9 Å². The molecule has 19 heavy (non-hydrogen) atoms. The largest absolute Gasteiger partial charge is 0.350 e. The fraction of sp³-hybridized carbons (Fsp3) is 0.417. The SMILES string of the molecule is CCn1ncc(Br)c1C(=O)NCCc1cn(C)cn1. The van der Waals surface area contributed by atoms with E-state index in [1.807, 2.05) is 24.7 Å². The van der Waals surface area contributed by atoms with Crippen molar-refractivity contribution in [1.82, 2.24) is 24.6 Å². The Hall–Kier alpha value is -1.63. The molecule has 0 spiro atoms. The van der Waals surface area contributed by atoms with Gasteiger partial charge in [-0.1, -0.05) is 0 Å². The van der Waals surface area contributed by atoms with E-state index in [0.29, 0.717) is 29.7 Å². The second kappa shape index (κ2) is 6.01. The fourth-order valence-corrected chi connectivity index (χ4v) is 2.29. The van der Waals surface area contributed by atoms with E-state index in [1.165, 1.54) is 0 Å². The zero-order valence-corrected chi connectivity index (χ0v) is 12.5. The molecule has 0 aliphatic carbocycles. The Morgan fingerprint density at radius 3 is 2.95 bits per heavy atom. The zero-order valence-electron chi connectivity index (χ0n) is 10.9. The number of carbonyl (C=O) groups is 1. The molecule has 7 heteroatoms. The van der Waals surface area contributed by atoms with Crippen molar-refractivity contribution >= 4 is 21.8 Å². The third-order valence-corrected chi connectivity index (χ3v) is 3.31. The molecule has 2 heterocycles. The summed E-state index contributed by atoms with van der Waals surface area (Å²) in [5.74, 6) is -0.123. The van der Waals surface area contributed by atoms with Crippen LogP contribution < -0.4 is 5.32 Å². The molecule has 2 aromatic heterocycles. The van der Waals surface area contributed by atoms with Gasteiger partial charge >= 0.3 is 0 Å². The number of hydrogen-bond donors (Lipinski definition) is 1. The first kappa shape index (κ1) is 13.8. The van der Waals surface area contributed by atoms with Gasteiger partial charge < -0.3 is 9.88 Å². The highest BCUT2D eigenvalue weighted by Gasteiger charge is 2.15. The lowest BCUT2D eigenvalue weighted by Crippen LogP contribution is -2.28. The van der Waals surface area contributed by atoms with Crippen LogP contribution in [0.5, 0.6) is 0 Å². The van der Waals surface area contributed by atoms with Gasteiger partial charge in [0.15, 0.2) is 0 Å². The first-order chi connectivity index (χ1) is 9.11. The van der Waals surface area contributed by atoms with E-state index in [-0.39, 0.29) is 5.91 Å². The third-order valence-electron chi connectivity index (χ3n) is 2.73. The Labute approximate surface area is 120 Å². The lowest BCUT2D eigenvalue weighted by molar-refractivity contribution is 0.0942. The topological polar surface area (TPSA) is 64.7 Å². The van der Waals surface area contributed by atoms with Crippen molar-refractivity contribution in [2.24, 2.45) is 7.05 Å². The first-order valence-corrected chi connectivity index (χ1v) is 6.87. The van der Waals surface area contributed by atoms with Gasteiger partial charge in [0.05, 0.1) is 22.7 Å². The van der Waals surface area contributed by atoms with Gasteiger partial charge in [-0.15, -0.1) is 0 Å². The van der Waals surface area contributed by atoms with E-state index in [1.54, 1.807) is 17.2 Å². The second-order valence-corrected chi connectivity index (χ2v) is 5.05. The molecule has 0 aliphatic rings. The summed E-state index contributed by atoms with van der Waals surface area (Å²) in [6.45, 7) is 3.16. The summed E-state index contributed by atoms with van der Waals surface area (Å²) in [6, 6.07) is 0. The lowest BCUT2D eigenvalue weighted by Gasteiger charge is -2.06. The minimum Gasteiger partial charge on any atom is -0.350 e. The van der Waals surface area contributed by atoms with Crippen molar-refractivity contribution in [1.29, 1.82) is 0 Å². The van der Waals surface area contributed by atoms with Crippen LogP contribution in [0.15, 0.2) is 23.2 Å². The number of nitrogens with one attached hydrogen (secondary N) is 1. The summed E-state index contributed by atoms with van der Waals surface area (Å²) in [6.07, 6.45) is 6.04. The van der Waals surface area contributed by atoms with Crippen LogP contribution in [0.4, 0.5) is 0 Å². The number of imidazole rings is 1. The first-order valence-electron chi connectivity index (χ1n) is 6.08. The minimum absolute atomic E-state index is 0.123. The molecule has 2 rings (SSSR count). The maximum absolute atomic E-state index is 12.1. The predicted molar refractivity (Wildman–Crippen MR) is 74.8 cm³/mol. The van der Waals surface area contributed by atoms with Crippen LogP contribution in [-0.4, -0.2) is 31.8 Å². The summed E-state index contributed by atoms with van der Waals surface area (Å²) in [4.78, 5) is 16.3. The third kappa shape index (κ3) is 3.23.